The van der Waals surface area contributed by atoms with Crippen molar-refractivity contribution >= 4 is 28.4 Å². The molecule has 0 aliphatic carbocycles. The monoisotopic (exact) mass is 343 g/mol. The van der Waals surface area contributed by atoms with Crippen LogP contribution in [0.25, 0.3) is 10.9 Å². The molecule has 2 aromatic heterocycles. The normalized spacial score (nSPS) is 17.0. The number of amides is 1. The number of hydrogen-bond donors (Lipinski definition) is 1. The fourth-order valence-electron chi connectivity index (χ4n) is 3.38. The zero-order valence-corrected chi connectivity index (χ0v) is 14.1. The van der Waals surface area contributed by atoms with E-state index in [0.717, 1.165) is 41.7 Å². The lowest BCUT2D eigenvalue weighted by molar-refractivity contribution is -0.125. The number of rotatable bonds is 3. The van der Waals surface area contributed by atoms with Gasteiger partial charge in [-0.25, -0.2) is 0 Å². The largest absolute Gasteiger partial charge is 0.350 e. The van der Waals surface area contributed by atoms with Crippen LogP contribution in [0.4, 0.5) is 0 Å². The molecule has 24 heavy (non-hydrogen) atoms. The van der Waals surface area contributed by atoms with E-state index in [9.17, 15) is 4.79 Å². The second kappa shape index (κ2) is 5.94. The Kier molecular flexibility index (Phi) is 3.76. The summed E-state index contributed by atoms with van der Waals surface area (Å²) in [6, 6.07) is 7.70. The van der Waals surface area contributed by atoms with Crippen molar-refractivity contribution in [2.45, 2.75) is 25.9 Å². The Morgan fingerprint density at radius 3 is 3.17 bits per heavy atom. The molecule has 7 heteroatoms. The number of halogens is 1. The van der Waals surface area contributed by atoms with Crippen molar-refractivity contribution in [3.05, 3.63) is 46.9 Å². The highest BCUT2D eigenvalue weighted by atomic mass is 35.5. The van der Waals surface area contributed by atoms with E-state index in [0.29, 0.717) is 11.6 Å². The topological polar surface area (TPSA) is 64.7 Å². The molecular formula is C17H18ClN5O. The Balaban J connectivity index is 1.49. The van der Waals surface area contributed by atoms with Crippen LogP contribution in [-0.4, -0.2) is 25.5 Å². The molecule has 4 rings (SSSR count). The molecule has 1 N–H and O–H groups in total. The average Bonchev–Trinajstić information content (AvgIpc) is 3.17. The quantitative estimate of drug-likeness (QED) is 0.793. The van der Waals surface area contributed by atoms with Crippen LogP contribution in [0.1, 0.15) is 17.8 Å². The molecular weight excluding hydrogens is 326 g/mol. The third-order valence-corrected chi connectivity index (χ3v) is 4.96. The summed E-state index contributed by atoms with van der Waals surface area (Å²) in [5.41, 5.74) is 2.88. The molecule has 1 aliphatic heterocycles. The van der Waals surface area contributed by atoms with Crippen molar-refractivity contribution in [2.75, 3.05) is 0 Å². The van der Waals surface area contributed by atoms with E-state index in [1.54, 1.807) is 10.9 Å². The number of carbonyl (C=O) groups excluding carboxylic acids is 1. The van der Waals surface area contributed by atoms with Crippen LogP contribution in [-0.2, 0) is 31.4 Å². The minimum Gasteiger partial charge on any atom is -0.350 e. The van der Waals surface area contributed by atoms with Crippen LogP contribution in [0.5, 0.6) is 0 Å². The fraction of sp³-hybridized carbons (Fsp3) is 0.353. The lowest BCUT2D eigenvalue weighted by atomic mass is 9.95. The maximum Gasteiger partial charge on any atom is 0.223 e. The van der Waals surface area contributed by atoms with Crippen molar-refractivity contribution in [2.24, 2.45) is 13.0 Å². The van der Waals surface area contributed by atoms with E-state index < -0.39 is 0 Å². The van der Waals surface area contributed by atoms with Gasteiger partial charge in [0.1, 0.15) is 0 Å². The van der Waals surface area contributed by atoms with Crippen LogP contribution >= 0.6 is 11.6 Å². The molecule has 0 bridgehead atoms. The highest BCUT2D eigenvalue weighted by molar-refractivity contribution is 6.35. The maximum atomic E-state index is 12.5. The first-order chi connectivity index (χ1) is 11.6. The highest BCUT2D eigenvalue weighted by Gasteiger charge is 2.25. The Bertz CT molecular complexity index is 913. The Morgan fingerprint density at radius 1 is 1.42 bits per heavy atom. The summed E-state index contributed by atoms with van der Waals surface area (Å²) in [6.45, 7) is 1.18. The molecule has 1 aromatic carbocycles. The van der Waals surface area contributed by atoms with Gasteiger partial charge in [0.15, 0.2) is 0 Å². The van der Waals surface area contributed by atoms with Gasteiger partial charge in [0, 0.05) is 43.2 Å². The van der Waals surface area contributed by atoms with Crippen molar-refractivity contribution in [1.29, 1.82) is 0 Å². The molecule has 0 saturated heterocycles. The van der Waals surface area contributed by atoms with Crippen molar-refractivity contribution < 1.29 is 4.79 Å². The van der Waals surface area contributed by atoms with E-state index in [1.165, 1.54) is 0 Å². The van der Waals surface area contributed by atoms with Crippen LogP contribution in [0.3, 0.4) is 0 Å². The van der Waals surface area contributed by atoms with Crippen LogP contribution in [0.2, 0.25) is 5.02 Å². The summed E-state index contributed by atoms with van der Waals surface area (Å²) >= 11 is 6.31. The van der Waals surface area contributed by atoms with Gasteiger partial charge < -0.3 is 5.32 Å². The van der Waals surface area contributed by atoms with E-state index in [-0.39, 0.29) is 11.8 Å². The van der Waals surface area contributed by atoms with Gasteiger partial charge in [-0.15, -0.1) is 0 Å². The number of benzene rings is 1. The summed E-state index contributed by atoms with van der Waals surface area (Å²) in [7, 11) is 1.88. The number of aryl methyl sites for hydroxylation is 2. The van der Waals surface area contributed by atoms with Gasteiger partial charge in [0.25, 0.3) is 0 Å². The van der Waals surface area contributed by atoms with Crippen LogP contribution in [0.15, 0.2) is 30.5 Å². The second-order valence-corrected chi connectivity index (χ2v) is 6.56. The molecule has 0 fully saturated rings. The average molecular weight is 344 g/mol. The lowest BCUT2D eigenvalue weighted by Gasteiger charge is -2.22. The fourth-order valence-corrected chi connectivity index (χ4v) is 3.66. The predicted molar refractivity (Wildman–Crippen MR) is 91.6 cm³/mol. The van der Waals surface area contributed by atoms with Gasteiger partial charge in [0.2, 0.25) is 5.91 Å². The molecule has 6 nitrogen and oxygen atoms in total. The van der Waals surface area contributed by atoms with Gasteiger partial charge in [-0.2, -0.15) is 10.2 Å². The lowest BCUT2D eigenvalue weighted by Crippen LogP contribution is -2.35. The molecule has 1 unspecified atom stereocenters. The van der Waals surface area contributed by atoms with Crippen molar-refractivity contribution in [3.8, 4) is 0 Å². The molecule has 1 amide bonds. The zero-order valence-electron chi connectivity index (χ0n) is 13.4. The smallest absolute Gasteiger partial charge is 0.223 e. The minimum atomic E-state index is -0.0142. The van der Waals surface area contributed by atoms with Gasteiger partial charge in [-0.3, -0.25) is 14.2 Å². The first-order valence-electron chi connectivity index (χ1n) is 8.02. The Labute approximate surface area is 144 Å². The Hall–Kier alpha value is -2.34. The number of aromatic nitrogens is 4. The second-order valence-electron chi connectivity index (χ2n) is 6.16. The maximum absolute atomic E-state index is 12.5. The predicted octanol–water partition coefficient (Wildman–Crippen LogP) is 2.30. The molecule has 0 spiro atoms. The number of hydrogen-bond acceptors (Lipinski definition) is 3. The van der Waals surface area contributed by atoms with E-state index in [4.69, 9.17) is 11.6 Å². The number of fused-ring (bicyclic) bond motifs is 2. The van der Waals surface area contributed by atoms with E-state index >= 15 is 0 Å². The minimum absolute atomic E-state index is 0.0142. The zero-order chi connectivity index (χ0) is 16.7. The van der Waals surface area contributed by atoms with Crippen LogP contribution in [0, 0.1) is 5.92 Å². The molecule has 1 aliphatic rings. The molecule has 124 valence electrons. The third-order valence-electron chi connectivity index (χ3n) is 4.65. The van der Waals surface area contributed by atoms with E-state index in [2.05, 4.69) is 15.5 Å². The SMILES string of the molecule is Cn1nc(CNC(=O)C2CCn3nccc3C2)c2c(Cl)cccc21. The van der Waals surface area contributed by atoms with Crippen molar-refractivity contribution in [1.82, 2.24) is 24.9 Å². The van der Waals surface area contributed by atoms with Crippen molar-refractivity contribution in [3.63, 3.8) is 0 Å². The van der Waals surface area contributed by atoms with Crippen LogP contribution < -0.4 is 5.32 Å². The summed E-state index contributed by atoms with van der Waals surface area (Å²) in [6.07, 6.45) is 3.33. The van der Waals surface area contributed by atoms with E-state index in [1.807, 2.05) is 36.0 Å². The molecule has 3 heterocycles. The third kappa shape index (κ3) is 2.57. The summed E-state index contributed by atoms with van der Waals surface area (Å²) < 4.78 is 3.76. The summed E-state index contributed by atoms with van der Waals surface area (Å²) in [4.78, 5) is 12.5. The number of nitrogens with one attached hydrogen (secondary N) is 1. The summed E-state index contributed by atoms with van der Waals surface area (Å²) in [5.74, 6) is 0.0490. The standard InChI is InChI=1S/C17H18ClN5O/c1-22-15-4-2-3-13(18)16(15)14(21-22)10-19-17(24)11-6-8-23-12(9-11)5-7-20-23/h2-5,7,11H,6,8-10H2,1H3,(H,19,24). The summed E-state index contributed by atoms with van der Waals surface area (Å²) in [5, 5.41) is 13.3. The first-order valence-corrected chi connectivity index (χ1v) is 8.40. The van der Waals surface area contributed by atoms with Gasteiger partial charge in [0.05, 0.1) is 22.8 Å². The molecule has 0 radical (unpaired) electrons. The van der Waals surface area contributed by atoms with Gasteiger partial charge >= 0.3 is 0 Å². The number of nitrogens with zero attached hydrogens (tertiary/aromatic N) is 4. The van der Waals surface area contributed by atoms with Gasteiger partial charge in [-0.1, -0.05) is 17.7 Å². The molecule has 0 saturated carbocycles. The Morgan fingerprint density at radius 2 is 2.29 bits per heavy atom. The first kappa shape index (κ1) is 15.2. The molecule has 3 aromatic rings. The number of carbonyl (C=O) groups is 1. The van der Waals surface area contributed by atoms with Gasteiger partial charge in [-0.05, 0) is 24.6 Å². The highest BCUT2D eigenvalue weighted by Crippen LogP contribution is 2.26. The molecule has 1 atom stereocenters.